The molecule has 0 aromatic carbocycles. The lowest BCUT2D eigenvalue weighted by atomic mass is 10.1. The maximum atomic E-state index is 5.77. The van der Waals surface area contributed by atoms with Gasteiger partial charge in [0.25, 0.3) is 0 Å². The lowest BCUT2D eigenvalue weighted by Gasteiger charge is -2.26. The summed E-state index contributed by atoms with van der Waals surface area (Å²) in [5, 5.41) is 3.36. The SMILES string of the molecule is CCCC(C)n1cncc1C1CNCCO1. The van der Waals surface area contributed by atoms with Gasteiger partial charge in [-0.05, 0) is 13.3 Å². The van der Waals surface area contributed by atoms with Gasteiger partial charge in [-0.3, -0.25) is 0 Å². The summed E-state index contributed by atoms with van der Waals surface area (Å²) in [6, 6.07) is 0.507. The second-order valence-corrected chi connectivity index (χ2v) is 4.43. The summed E-state index contributed by atoms with van der Waals surface area (Å²) in [6.45, 7) is 7.09. The fraction of sp³-hybridized carbons (Fsp3) is 0.750. The monoisotopic (exact) mass is 223 g/mol. The number of ether oxygens (including phenoxy) is 1. The molecule has 0 bridgehead atoms. The normalized spacial score (nSPS) is 23.2. The zero-order chi connectivity index (χ0) is 11.4. The van der Waals surface area contributed by atoms with Crippen molar-refractivity contribution in [1.82, 2.24) is 14.9 Å². The van der Waals surface area contributed by atoms with Gasteiger partial charge in [0.05, 0.1) is 24.8 Å². The molecule has 1 aliphatic rings. The molecule has 1 saturated heterocycles. The molecule has 0 spiro atoms. The number of imidazole rings is 1. The van der Waals surface area contributed by atoms with Crippen molar-refractivity contribution in [2.75, 3.05) is 19.7 Å². The minimum atomic E-state index is 0.163. The van der Waals surface area contributed by atoms with Crippen molar-refractivity contribution in [3.8, 4) is 0 Å². The van der Waals surface area contributed by atoms with Crippen LogP contribution in [-0.4, -0.2) is 29.2 Å². The van der Waals surface area contributed by atoms with Gasteiger partial charge in [0.2, 0.25) is 0 Å². The first kappa shape index (κ1) is 11.6. The molecule has 4 heteroatoms. The minimum Gasteiger partial charge on any atom is -0.369 e. The molecule has 1 aromatic rings. The summed E-state index contributed by atoms with van der Waals surface area (Å²) in [5.41, 5.74) is 1.20. The van der Waals surface area contributed by atoms with Crippen LogP contribution in [0.4, 0.5) is 0 Å². The second kappa shape index (κ2) is 5.46. The van der Waals surface area contributed by atoms with Crippen LogP contribution in [0.25, 0.3) is 0 Å². The molecule has 2 unspecified atom stereocenters. The summed E-state index contributed by atoms with van der Waals surface area (Å²) >= 11 is 0. The van der Waals surface area contributed by atoms with E-state index in [0.717, 1.165) is 19.7 Å². The summed E-state index contributed by atoms with van der Waals surface area (Å²) in [4.78, 5) is 4.26. The van der Waals surface area contributed by atoms with E-state index in [9.17, 15) is 0 Å². The largest absolute Gasteiger partial charge is 0.369 e. The predicted octanol–water partition coefficient (Wildman–Crippen LogP) is 1.91. The molecule has 0 aliphatic carbocycles. The summed E-state index contributed by atoms with van der Waals surface area (Å²) in [5.74, 6) is 0. The van der Waals surface area contributed by atoms with Crippen molar-refractivity contribution in [3.63, 3.8) is 0 Å². The van der Waals surface area contributed by atoms with Gasteiger partial charge in [-0.2, -0.15) is 0 Å². The van der Waals surface area contributed by atoms with Crippen molar-refractivity contribution < 1.29 is 4.74 Å². The molecule has 90 valence electrons. The molecule has 1 aromatic heterocycles. The molecule has 2 rings (SSSR count). The Hall–Kier alpha value is -0.870. The molecule has 16 heavy (non-hydrogen) atoms. The van der Waals surface area contributed by atoms with Crippen LogP contribution in [0.1, 0.15) is 44.5 Å². The van der Waals surface area contributed by atoms with Crippen LogP contribution in [0, 0.1) is 0 Å². The van der Waals surface area contributed by atoms with E-state index >= 15 is 0 Å². The summed E-state index contributed by atoms with van der Waals surface area (Å²) in [7, 11) is 0. The van der Waals surface area contributed by atoms with E-state index in [2.05, 4.69) is 28.7 Å². The van der Waals surface area contributed by atoms with Crippen LogP contribution in [-0.2, 0) is 4.74 Å². The lowest BCUT2D eigenvalue weighted by Crippen LogP contribution is -2.34. The molecule has 2 heterocycles. The van der Waals surface area contributed by atoms with Crippen molar-refractivity contribution >= 4 is 0 Å². The van der Waals surface area contributed by atoms with Crippen LogP contribution in [0.5, 0.6) is 0 Å². The van der Waals surface area contributed by atoms with Gasteiger partial charge in [0.15, 0.2) is 0 Å². The Kier molecular flexibility index (Phi) is 3.96. The van der Waals surface area contributed by atoms with Crippen molar-refractivity contribution in [2.24, 2.45) is 0 Å². The fourth-order valence-corrected chi connectivity index (χ4v) is 2.24. The van der Waals surface area contributed by atoms with E-state index < -0.39 is 0 Å². The van der Waals surface area contributed by atoms with E-state index in [1.807, 2.05) is 12.5 Å². The summed E-state index contributed by atoms with van der Waals surface area (Å²) < 4.78 is 8.02. The van der Waals surface area contributed by atoms with Crippen molar-refractivity contribution in [3.05, 3.63) is 18.2 Å². The lowest BCUT2D eigenvalue weighted by molar-refractivity contribution is 0.0220. The quantitative estimate of drug-likeness (QED) is 0.847. The maximum Gasteiger partial charge on any atom is 0.111 e. The molecule has 1 N–H and O–H groups in total. The van der Waals surface area contributed by atoms with Gasteiger partial charge < -0.3 is 14.6 Å². The predicted molar refractivity (Wildman–Crippen MR) is 63.4 cm³/mol. The first-order valence-electron chi connectivity index (χ1n) is 6.17. The molecule has 1 aliphatic heterocycles. The van der Waals surface area contributed by atoms with Crippen molar-refractivity contribution in [2.45, 2.75) is 38.8 Å². The average molecular weight is 223 g/mol. The van der Waals surface area contributed by atoms with Gasteiger partial charge in [-0.25, -0.2) is 4.98 Å². The first-order chi connectivity index (χ1) is 7.83. The molecule has 0 saturated carbocycles. The number of hydrogen-bond acceptors (Lipinski definition) is 3. The Bertz CT molecular complexity index is 318. The topological polar surface area (TPSA) is 39.1 Å². The number of aromatic nitrogens is 2. The smallest absolute Gasteiger partial charge is 0.111 e. The van der Waals surface area contributed by atoms with Crippen molar-refractivity contribution in [1.29, 1.82) is 0 Å². The third-order valence-corrected chi connectivity index (χ3v) is 3.13. The van der Waals surface area contributed by atoms with Gasteiger partial charge >= 0.3 is 0 Å². The number of morpholine rings is 1. The third kappa shape index (κ3) is 2.44. The highest BCUT2D eigenvalue weighted by molar-refractivity contribution is 5.06. The molecule has 2 atom stereocenters. The molecular formula is C12H21N3O. The van der Waals surface area contributed by atoms with Crippen LogP contribution < -0.4 is 5.32 Å². The third-order valence-electron chi connectivity index (χ3n) is 3.13. The Balaban J connectivity index is 2.11. The maximum absolute atomic E-state index is 5.77. The van der Waals surface area contributed by atoms with Gasteiger partial charge in [-0.15, -0.1) is 0 Å². The second-order valence-electron chi connectivity index (χ2n) is 4.43. The molecule has 0 radical (unpaired) electrons. The van der Waals surface area contributed by atoms with E-state index in [-0.39, 0.29) is 6.10 Å². The highest BCUT2D eigenvalue weighted by atomic mass is 16.5. The van der Waals surface area contributed by atoms with Crippen LogP contribution >= 0.6 is 0 Å². The molecule has 4 nitrogen and oxygen atoms in total. The van der Waals surface area contributed by atoms with Crippen LogP contribution in [0.2, 0.25) is 0 Å². The van der Waals surface area contributed by atoms with Gasteiger partial charge in [0, 0.05) is 19.1 Å². The number of rotatable bonds is 4. The van der Waals surface area contributed by atoms with E-state index in [1.165, 1.54) is 18.5 Å². The number of nitrogens with zero attached hydrogens (tertiary/aromatic N) is 2. The first-order valence-corrected chi connectivity index (χ1v) is 6.17. The number of nitrogens with one attached hydrogen (secondary N) is 1. The zero-order valence-electron chi connectivity index (χ0n) is 10.1. The van der Waals surface area contributed by atoms with Gasteiger partial charge in [-0.1, -0.05) is 13.3 Å². The van der Waals surface area contributed by atoms with Crippen LogP contribution in [0.15, 0.2) is 12.5 Å². The highest BCUT2D eigenvalue weighted by Crippen LogP contribution is 2.23. The average Bonchev–Trinajstić information content (AvgIpc) is 2.79. The summed E-state index contributed by atoms with van der Waals surface area (Å²) in [6.07, 6.45) is 6.40. The fourth-order valence-electron chi connectivity index (χ4n) is 2.24. The molecule has 0 amide bonds. The Morgan fingerprint density at radius 1 is 1.69 bits per heavy atom. The Morgan fingerprint density at radius 3 is 3.25 bits per heavy atom. The molecular weight excluding hydrogens is 202 g/mol. The molecule has 1 fully saturated rings. The Morgan fingerprint density at radius 2 is 2.56 bits per heavy atom. The highest BCUT2D eigenvalue weighted by Gasteiger charge is 2.20. The Labute approximate surface area is 97.0 Å². The van der Waals surface area contributed by atoms with E-state index in [4.69, 9.17) is 4.74 Å². The zero-order valence-corrected chi connectivity index (χ0v) is 10.1. The van der Waals surface area contributed by atoms with E-state index in [1.54, 1.807) is 0 Å². The van der Waals surface area contributed by atoms with Crippen LogP contribution in [0.3, 0.4) is 0 Å². The van der Waals surface area contributed by atoms with E-state index in [0.29, 0.717) is 6.04 Å². The number of hydrogen-bond donors (Lipinski definition) is 1. The standard InChI is InChI=1S/C12H21N3O/c1-3-4-10(2)15-9-14-7-11(15)12-8-13-5-6-16-12/h7,9-10,12-13H,3-6,8H2,1-2H3. The van der Waals surface area contributed by atoms with Gasteiger partial charge in [0.1, 0.15) is 6.10 Å². The minimum absolute atomic E-state index is 0.163.